The second-order valence-corrected chi connectivity index (χ2v) is 8.92. The van der Waals surface area contributed by atoms with Gasteiger partial charge in [-0.1, -0.05) is 6.07 Å². The van der Waals surface area contributed by atoms with Crippen LogP contribution in [-0.4, -0.2) is 38.8 Å². The third-order valence-electron chi connectivity index (χ3n) is 4.82. The summed E-state index contributed by atoms with van der Waals surface area (Å²) in [4.78, 5) is 12.8. The number of rotatable bonds is 7. The Bertz CT molecular complexity index is 1240. The number of nitrogens with one attached hydrogen (secondary N) is 3. The minimum absolute atomic E-state index is 0.168. The number of hydrogen-bond donors (Lipinski definition) is 3. The van der Waals surface area contributed by atoms with E-state index in [1.54, 1.807) is 30.5 Å². The molecule has 9 nitrogen and oxygen atoms in total. The third kappa shape index (κ3) is 4.61. The van der Waals surface area contributed by atoms with Gasteiger partial charge in [0.2, 0.25) is 10.0 Å². The second kappa shape index (κ2) is 8.26. The van der Waals surface area contributed by atoms with Crippen molar-refractivity contribution in [1.82, 2.24) is 19.2 Å². The first-order valence-corrected chi connectivity index (χ1v) is 10.9. The molecule has 158 valence electrons. The monoisotopic (exact) mass is 436 g/mol. The molecule has 4 rings (SSSR count). The van der Waals surface area contributed by atoms with Gasteiger partial charge in [-0.05, 0) is 37.4 Å². The number of hydrogen-bond acceptors (Lipinski definition) is 7. The first kappa shape index (κ1) is 20.7. The number of aromatic nitrogens is 2. The van der Waals surface area contributed by atoms with Crippen molar-refractivity contribution in [1.29, 1.82) is 0 Å². The molecule has 3 N–H and O–H groups in total. The van der Waals surface area contributed by atoms with Crippen molar-refractivity contribution in [3.63, 3.8) is 0 Å². The quantitative estimate of drug-likeness (QED) is 0.491. The Hall–Kier alpha value is -3.60. The summed E-state index contributed by atoms with van der Waals surface area (Å²) in [5, 5.41) is 6.36. The van der Waals surface area contributed by atoms with Gasteiger partial charge in [0.15, 0.2) is 6.34 Å². The number of aliphatic imine (C=N–C) groups is 1. The number of anilines is 4. The van der Waals surface area contributed by atoms with Gasteiger partial charge in [-0.25, -0.2) is 32.6 Å². The molecule has 1 aliphatic heterocycles. The zero-order valence-corrected chi connectivity index (χ0v) is 17.8. The van der Waals surface area contributed by atoms with E-state index in [0.717, 1.165) is 11.4 Å². The fourth-order valence-corrected chi connectivity index (χ4v) is 3.84. The molecule has 0 radical (unpaired) electrons. The maximum Gasteiger partial charge on any atom is 0.240 e. The smallest absolute Gasteiger partial charge is 0.240 e. The Balaban J connectivity index is 1.49. The van der Waals surface area contributed by atoms with Crippen LogP contribution in [0.3, 0.4) is 0 Å². The van der Waals surface area contributed by atoms with Crippen LogP contribution in [0.25, 0.3) is 0 Å². The predicted molar refractivity (Wildman–Crippen MR) is 123 cm³/mol. The summed E-state index contributed by atoms with van der Waals surface area (Å²) in [7, 11) is -0.0978. The van der Waals surface area contributed by atoms with Crippen molar-refractivity contribution < 1.29 is 8.42 Å². The lowest BCUT2D eigenvalue weighted by atomic mass is 10.2. The SMILES string of the molecule is CNS(=O)(=O)c1cccc(Nc2cc(Nc3ccc([N+]4(C)C=CN=C4)cc3)ncn2)c1. The number of quaternary nitrogens is 1. The lowest BCUT2D eigenvalue weighted by molar-refractivity contribution is 0.588. The zero-order valence-electron chi connectivity index (χ0n) is 17.0. The fourth-order valence-electron chi connectivity index (χ4n) is 3.06. The Morgan fingerprint density at radius 2 is 1.61 bits per heavy atom. The zero-order chi connectivity index (χ0) is 21.9. The highest BCUT2D eigenvalue weighted by atomic mass is 32.2. The first-order valence-electron chi connectivity index (χ1n) is 9.46. The van der Waals surface area contributed by atoms with Gasteiger partial charge < -0.3 is 10.6 Å². The Labute approximate surface area is 180 Å². The fraction of sp³-hybridized carbons (Fsp3) is 0.0952. The molecule has 1 unspecified atom stereocenters. The van der Waals surface area contributed by atoms with E-state index in [0.29, 0.717) is 21.8 Å². The Morgan fingerprint density at radius 1 is 0.903 bits per heavy atom. The van der Waals surface area contributed by atoms with Crippen LogP contribution >= 0.6 is 0 Å². The molecule has 3 aromatic rings. The molecule has 10 heteroatoms. The summed E-state index contributed by atoms with van der Waals surface area (Å²) in [6.45, 7) is 0. The van der Waals surface area contributed by atoms with Gasteiger partial charge in [0.1, 0.15) is 29.9 Å². The van der Waals surface area contributed by atoms with Gasteiger partial charge in [0, 0.05) is 29.6 Å². The van der Waals surface area contributed by atoms with Crippen molar-refractivity contribution in [3.05, 3.63) is 73.3 Å². The summed E-state index contributed by atoms with van der Waals surface area (Å²) >= 11 is 0. The summed E-state index contributed by atoms with van der Waals surface area (Å²) in [5.41, 5.74) is 2.56. The summed E-state index contributed by atoms with van der Waals surface area (Å²) in [6, 6.07) is 16.2. The second-order valence-electron chi connectivity index (χ2n) is 7.03. The van der Waals surface area contributed by atoms with E-state index in [2.05, 4.69) is 37.4 Å². The average molecular weight is 437 g/mol. The van der Waals surface area contributed by atoms with E-state index in [1.165, 1.54) is 19.4 Å². The molecule has 31 heavy (non-hydrogen) atoms. The van der Waals surface area contributed by atoms with Crippen LogP contribution in [0.4, 0.5) is 28.7 Å². The lowest BCUT2D eigenvalue weighted by Crippen LogP contribution is -2.35. The van der Waals surface area contributed by atoms with Gasteiger partial charge in [-0.15, -0.1) is 0 Å². The molecule has 0 aliphatic carbocycles. The van der Waals surface area contributed by atoms with Crippen LogP contribution in [0, 0.1) is 0 Å². The van der Waals surface area contributed by atoms with E-state index < -0.39 is 10.0 Å². The van der Waals surface area contributed by atoms with Crippen LogP contribution in [0.1, 0.15) is 0 Å². The molecule has 0 saturated heterocycles. The van der Waals surface area contributed by atoms with Crippen molar-refractivity contribution in [2.45, 2.75) is 4.90 Å². The van der Waals surface area contributed by atoms with Crippen LogP contribution in [0.5, 0.6) is 0 Å². The van der Waals surface area contributed by atoms with Gasteiger partial charge in [0.25, 0.3) is 0 Å². The summed E-state index contributed by atoms with van der Waals surface area (Å²) in [6.07, 6.45) is 7.08. The van der Waals surface area contributed by atoms with Crippen LogP contribution in [-0.2, 0) is 10.0 Å². The van der Waals surface area contributed by atoms with E-state index in [1.807, 2.05) is 36.8 Å². The molecule has 0 amide bonds. The topological polar surface area (TPSA) is 108 Å². The van der Waals surface area contributed by atoms with Gasteiger partial charge in [-0.2, -0.15) is 0 Å². The highest BCUT2D eigenvalue weighted by Gasteiger charge is 2.22. The van der Waals surface area contributed by atoms with Crippen molar-refractivity contribution in [2.75, 3.05) is 24.7 Å². The van der Waals surface area contributed by atoms with E-state index >= 15 is 0 Å². The largest absolute Gasteiger partial charge is 0.340 e. The van der Waals surface area contributed by atoms with Crippen LogP contribution in [0.15, 0.2) is 83.2 Å². The number of benzene rings is 2. The van der Waals surface area contributed by atoms with Gasteiger partial charge in [-0.3, -0.25) is 0 Å². The predicted octanol–water partition coefficient (Wildman–Crippen LogP) is 3.32. The summed E-state index contributed by atoms with van der Waals surface area (Å²) < 4.78 is 26.8. The normalized spacial score (nSPS) is 17.6. The van der Waals surface area contributed by atoms with Crippen molar-refractivity contribution >= 4 is 45.1 Å². The highest BCUT2D eigenvalue weighted by Crippen LogP contribution is 2.26. The number of nitrogens with zero attached hydrogens (tertiary/aromatic N) is 4. The Morgan fingerprint density at radius 3 is 2.26 bits per heavy atom. The van der Waals surface area contributed by atoms with E-state index in [4.69, 9.17) is 0 Å². The van der Waals surface area contributed by atoms with Crippen LogP contribution < -0.4 is 19.8 Å². The Kier molecular flexibility index (Phi) is 5.51. The molecular weight excluding hydrogens is 414 g/mol. The minimum Gasteiger partial charge on any atom is -0.340 e. The highest BCUT2D eigenvalue weighted by molar-refractivity contribution is 7.89. The lowest BCUT2D eigenvalue weighted by Gasteiger charge is -2.21. The minimum atomic E-state index is -3.52. The van der Waals surface area contributed by atoms with Crippen LogP contribution in [0.2, 0.25) is 0 Å². The van der Waals surface area contributed by atoms with E-state index in [-0.39, 0.29) is 4.90 Å². The third-order valence-corrected chi connectivity index (χ3v) is 6.23. The molecule has 1 aliphatic rings. The maximum atomic E-state index is 12.0. The van der Waals surface area contributed by atoms with Gasteiger partial charge >= 0.3 is 0 Å². The molecule has 0 fully saturated rings. The molecule has 2 heterocycles. The summed E-state index contributed by atoms with van der Waals surface area (Å²) in [5.74, 6) is 1.14. The number of sulfonamides is 1. The van der Waals surface area contributed by atoms with Crippen molar-refractivity contribution in [2.24, 2.45) is 4.99 Å². The molecule has 1 aromatic heterocycles. The molecule has 0 bridgehead atoms. The molecule has 2 aromatic carbocycles. The molecule has 1 atom stereocenters. The van der Waals surface area contributed by atoms with Gasteiger partial charge in [0.05, 0.1) is 18.1 Å². The maximum absolute atomic E-state index is 12.0. The van der Waals surface area contributed by atoms with E-state index in [9.17, 15) is 8.42 Å². The van der Waals surface area contributed by atoms with Crippen molar-refractivity contribution in [3.8, 4) is 0 Å². The molecule has 0 saturated carbocycles. The molecular formula is C21H22N7O2S+. The molecule has 0 spiro atoms. The standard InChI is InChI=1S/C21H22N7O2S/c1-22-31(29,30)19-5-3-4-17(12-19)27-21-13-20(24-14-25-21)26-16-6-8-18(9-7-16)28(2)11-10-23-15-28/h3-15,22H,1-2H3,(H2,24,25,26,27)/q+1. The first-order chi connectivity index (χ1) is 14.9. The average Bonchev–Trinajstić information content (AvgIpc) is 3.22.